The number of sulfonamides is 1. The molecule has 1 aromatic heterocycles. The Hall–Kier alpha value is -1.60. The van der Waals surface area contributed by atoms with Crippen LogP contribution in [0.1, 0.15) is 11.3 Å². The third-order valence-corrected chi connectivity index (χ3v) is 8.17. The number of aryl methyl sites for hydroxylation is 1. The van der Waals surface area contributed by atoms with Crippen LogP contribution in [0, 0.1) is 17.0 Å². The van der Waals surface area contributed by atoms with Crippen molar-refractivity contribution in [3.05, 3.63) is 57.9 Å². The second-order valence-electron chi connectivity index (χ2n) is 7.73. The van der Waals surface area contributed by atoms with Crippen LogP contribution in [0.25, 0.3) is 0 Å². The summed E-state index contributed by atoms with van der Waals surface area (Å²) in [4.78, 5) is 19.4. The number of halogens is 2. The van der Waals surface area contributed by atoms with Crippen molar-refractivity contribution in [3.63, 3.8) is 0 Å². The number of alkyl halides is 2. The Morgan fingerprint density at radius 2 is 1.79 bits per heavy atom. The van der Waals surface area contributed by atoms with Crippen LogP contribution < -0.4 is 4.90 Å². The summed E-state index contributed by atoms with van der Waals surface area (Å²) in [5.41, 5.74) is 1.81. The molecule has 9 nitrogen and oxygen atoms in total. The molecule has 0 radical (unpaired) electrons. The van der Waals surface area contributed by atoms with E-state index in [4.69, 9.17) is 0 Å². The van der Waals surface area contributed by atoms with Crippen molar-refractivity contribution in [2.45, 2.75) is 18.4 Å². The normalized spacial score (nSPS) is 15.5. The zero-order valence-corrected chi connectivity index (χ0v) is 22.3. The molecule has 0 atom stereocenters. The molecule has 180 valence electrons. The molecule has 1 aliphatic heterocycles. The third kappa shape index (κ3) is 6.30. The van der Waals surface area contributed by atoms with Crippen molar-refractivity contribution >= 4 is 53.3 Å². The van der Waals surface area contributed by atoms with Gasteiger partial charge in [0.15, 0.2) is 0 Å². The summed E-state index contributed by atoms with van der Waals surface area (Å²) in [6.07, 6.45) is 1.74. The first-order valence-corrected chi connectivity index (χ1v) is 14.2. The fourth-order valence-electron chi connectivity index (χ4n) is 3.96. The van der Waals surface area contributed by atoms with Gasteiger partial charge in [0, 0.05) is 74.8 Å². The van der Waals surface area contributed by atoms with Crippen LogP contribution in [0.5, 0.6) is 0 Å². The molecule has 0 saturated carbocycles. The number of rotatable bonds is 10. The molecule has 1 aromatic carbocycles. The fourth-order valence-corrected chi connectivity index (χ4v) is 6.55. The van der Waals surface area contributed by atoms with E-state index in [0.29, 0.717) is 67.7 Å². The highest BCUT2D eigenvalue weighted by molar-refractivity contribution is 9.09. The van der Waals surface area contributed by atoms with Gasteiger partial charge in [0.25, 0.3) is 5.69 Å². The average molecular weight is 605 g/mol. The number of aromatic nitrogens is 1. The summed E-state index contributed by atoms with van der Waals surface area (Å²) in [6, 6.07) is 8.38. The monoisotopic (exact) mass is 603 g/mol. The van der Waals surface area contributed by atoms with Crippen molar-refractivity contribution in [3.8, 4) is 0 Å². The summed E-state index contributed by atoms with van der Waals surface area (Å²) >= 11 is 6.86. The smallest absolute Gasteiger partial charge is 0.271 e. The maximum atomic E-state index is 13.7. The second-order valence-corrected chi connectivity index (χ2v) is 11.2. The van der Waals surface area contributed by atoms with Gasteiger partial charge in [-0.3, -0.25) is 20.0 Å². The molecule has 1 fully saturated rings. The Bertz CT molecular complexity index is 1060. The number of nitrogens with zero attached hydrogens (tertiary/aromatic N) is 5. The molecule has 2 heterocycles. The van der Waals surface area contributed by atoms with Crippen LogP contribution in [0.4, 0.5) is 11.4 Å². The summed E-state index contributed by atoms with van der Waals surface area (Å²) < 4.78 is 28.9. The van der Waals surface area contributed by atoms with E-state index in [-0.39, 0.29) is 10.6 Å². The number of hydrogen-bond donors (Lipinski definition) is 0. The maximum Gasteiger partial charge on any atom is 0.271 e. The molecule has 0 unspecified atom stereocenters. The van der Waals surface area contributed by atoms with Crippen molar-refractivity contribution in [1.82, 2.24) is 14.2 Å². The molecule has 0 bridgehead atoms. The largest absolute Gasteiger partial charge is 0.369 e. The summed E-state index contributed by atoms with van der Waals surface area (Å²) in [5.74, 6) is 0. The van der Waals surface area contributed by atoms with Crippen LogP contribution in [0.15, 0.2) is 41.4 Å². The van der Waals surface area contributed by atoms with E-state index in [0.717, 1.165) is 5.69 Å². The molecule has 12 heteroatoms. The average Bonchev–Trinajstić information content (AvgIpc) is 2.79. The number of benzene rings is 1. The summed E-state index contributed by atoms with van der Waals surface area (Å²) in [6.45, 7) is 5.27. The van der Waals surface area contributed by atoms with Gasteiger partial charge in [-0.2, -0.15) is 4.31 Å². The van der Waals surface area contributed by atoms with E-state index >= 15 is 0 Å². The molecule has 0 amide bonds. The first-order chi connectivity index (χ1) is 15.8. The van der Waals surface area contributed by atoms with Gasteiger partial charge in [-0.05, 0) is 24.6 Å². The molecule has 33 heavy (non-hydrogen) atoms. The minimum absolute atomic E-state index is 0.00530. The number of nitro groups is 1. The van der Waals surface area contributed by atoms with Crippen molar-refractivity contribution in [1.29, 1.82) is 0 Å². The van der Waals surface area contributed by atoms with Crippen molar-refractivity contribution < 1.29 is 13.3 Å². The van der Waals surface area contributed by atoms with Gasteiger partial charge in [-0.25, -0.2) is 8.42 Å². The molecule has 1 saturated heterocycles. The van der Waals surface area contributed by atoms with Crippen LogP contribution in [-0.4, -0.2) is 77.5 Å². The zero-order valence-electron chi connectivity index (χ0n) is 18.4. The number of piperazine rings is 1. The lowest BCUT2D eigenvalue weighted by atomic mass is 10.1. The first kappa shape index (κ1) is 26.0. The molecular weight excluding hydrogens is 578 g/mol. The lowest BCUT2D eigenvalue weighted by molar-refractivity contribution is -0.385. The van der Waals surface area contributed by atoms with Crippen LogP contribution in [-0.2, 0) is 16.6 Å². The van der Waals surface area contributed by atoms with E-state index in [1.165, 1.54) is 16.4 Å². The Morgan fingerprint density at radius 3 is 2.33 bits per heavy atom. The Kier molecular flexibility index (Phi) is 9.22. The Balaban J connectivity index is 1.90. The molecule has 3 rings (SSSR count). The van der Waals surface area contributed by atoms with E-state index in [1.54, 1.807) is 13.1 Å². The highest BCUT2D eigenvalue weighted by Gasteiger charge is 2.34. The Labute approximate surface area is 211 Å². The number of anilines is 1. The zero-order chi connectivity index (χ0) is 24.0. The number of pyridine rings is 1. The van der Waals surface area contributed by atoms with Crippen LogP contribution >= 0.6 is 31.9 Å². The van der Waals surface area contributed by atoms with Crippen molar-refractivity contribution in [2.75, 3.05) is 54.8 Å². The van der Waals surface area contributed by atoms with Crippen LogP contribution in [0.2, 0.25) is 0 Å². The third-order valence-electron chi connectivity index (χ3n) is 5.55. The van der Waals surface area contributed by atoms with Gasteiger partial charge in [0.1, 0.15) is 4.90 Å². The quantitative estimate of drug-likeness (QED) is 0.233. The predicted molar refractivity (Wildman–Crippen MR) is 136 cm³/mol. The molecular formula is C21H27Br2N5O4S. The van der Waals surface area contributed by atoms with Gasteiger partial charge >= 0.3 is 0 Å². The fraction of sp³-hybridized carbons (Fsp3) is 0.476. The minimum atomic E-state index is -3.93. The van der Waals surface area contributed by atoms with Gasteiger partial charge in [0.2, 0.25) is 10.0 Å². The molecule has 0 N–H and O–H groups in total. The maximum absolute atomic E-state index is 13.7. The lowest BCUT2D eigenvalue weighted by Crippen LogP contribution is -2.48. The molecule has 2 aromatic rings. The first-order valence-electron chi connectivity index (χ1n) is 10.6. The van der Waals surface area contributed by atoms with Gasteiger partial charge in [0.05, 0.1) is 16.3 Å². The number of non-ortho nitro benzene ring substituents is 1. The van der Waals surface area contributed by atoms with E-state index in [1.807, 2.05) is 23.1 Å². The number of hydrogen-bond acceptors (Lipinski definition) is 7. The topological polar surface area (TPSA) is 99.9 Å². The number of nitro benzene ring substituents is 1. The van der Waals surface area contributed by atoms with Gasteiger partial charge in [-0.15, -0.1) is 0 Å². The Morgan fingerprint density at radius 1 is 1.12 bits per heavy atom. The second kappa shape index (κ2) is 11.7. The van der Waals surface area contributed by atoms with Crippen molar-refractivity contribution in [2.24, 2.45) is 0 Å². The van der Waals surface area contributed by atoms with E-state index < -0.39 is 14.9 Å². The molecule has 1 aliphatic rings. The molecule has 0 aliphatic carbocycles. The molecule has 0 spiro atoms. The summed E-state index contributed by atoms with van der Waals surface area (Å²) in [7, 11) is -3.93. The highest BCUT2D eigenvalue weighted by Crippen LogP contribution is 2.35. The summed E-state index contributed by atoms with van der Waals surface area (Å²) in [5, 5.41) is 12.8. The van der Waals surface area contributed by atoms with E-state index in [2.05, 4.69) is 41.7 Å². The predicted octanol–water partition coefficient (Wildman–Crippen LogP) is 3.40. The SMILES string of the molecule is Cc1cc([N+](=O)[O-])cc(S(=O)(=O)N2CCN(Cc3ccccn3)CC2)c1N(CCBr)CCBr. The lowest BCUT2D eigenvalue weighted by Gasteiger charge is -2.35. The minimum Gasteiger partial charge on any atom is -0.369 e. The highest BCUT2D eigenvalue weighted by atomic mass is 79.9. The van der Waals surface area contributed by atoms with Crippen LogP contribution in [0.3, 0.4) is 0 Å². The van der Waals surface area contributed by atoms with E-state index in [9.17, 15) is 18.5 Å². The van der Waals surface area contributed by atoms with Gasteiger partial charge < -0.3 is 4.90 Å². The van der Waals surface area contributed by atoms with Gasteiger partial charge in [-0.1, -0.05) is 37.9 Å². The standard InChI is InChI=1S/C21H27Br2N5O4S/c1-17-14-19(28(29)30)15-20(21(17)26(8-5-22)9-6-23)33(31,32)27-12-10-25(11-13-27)16-18-4-2-3-7-24-18/h2-4,7,14-15H,5-6,8-13,16H2,1H3.